The number of anilines is 1. The molecule has 0 saturated carbocycles. The van der Waals surface area contributed by atoms with Crippen LogP contribution >= 0.6 is 0 Å². The molecule has 3 rings (SSSR count). The van der Waals surface area contributed by atoms with Gasteiger partial charge in [-0.3, -0.25) is 9.59 Å². The predicted molar refractivity (Wildman–Crippen MR) is 115 cm³/mol. The van der Waals surface area contributed by atoms with E-state index in [0.29, 0.717) is 41.4 Å². The van der Waals surface area contributed by atoms with Crippen LogP contribution in [0.2, 0.25) is 0 Å². The van der Waals surface area contributed by atoms with Gasteiger partial charge < -0.3 is 15.0 Å². The number of benzene rings is 2. The van der Waals surface area contributed by atoms with E-state index in [9.17, 15) is 9.59 Å². The number of aryl methyl sites for hydroxylation is 2. The molecule has 0 aliphatic heterocycles. The predicted octanol–water partition coefficient (Wildman–Crippen LogP) is 5.23. The number of ether oxygens (including phenoxy) is 1. The van der Waals surface area contributed by atoms with E-state index in [2.05, 4.69) is 10.3 Å². The van der Waals surface area contributed by atoms with Crippen LogP contribution in [0.15, 0.2) is 48.5 Å². The highest BCUT2D eigenvalue weighted by Gasteiger charge is 2.22. The molecule has 0 saturated heterocycles. The summed E-state index contributed by atoms with van der Waals surface area (Å²) < 4.78 is 5.99. The van der Waals surface area contributed by atoms with Crippen molar-refractivity contribution in [2.24, 2.45) is 0 Å². The van der Waals surface area contributed by atoms with Crippen molar-refractivity contribution in [2.75, 3.05) is 5.32 Å². The summed E-state index contributed by atoms with van der Waals surface area (Å²) >= 11 is 0. The Hall–Kier alpha value is -3.34. The molecule has 1 heterocycles. The number of amides is 1. The lowest BCUT2D eigenvalue weighted by atomic mass is 10.0. The van der Waals surface area contributed by atoms with Crippen molar-refractivity contribution in [3.8, 4) is 5.75 Å². The summed E-state index contributed by atoms with van der Waals surface area (Å²) in [6.45, 7) is 7.65. The zero-order valence-electron chi connectivity index (χ0n) is 17.3. The molecule has 2 aromatic carbocycles. The van der Waals surface area contributed by atoms with Crippen LogP contribution in [-0.2, 0) is 13.0 Å². The maximum Gasteiger partial charge on any atom is 0.272 e. The number of aromatic amines is 1. The molecule has 150 valence electrons. The lowest BCUT2D eigenvalue weighted by Gasteiger charge is -2.14. The first-order chi connectivity index (χ1) is 13.9. The minimum atomic E-state index is -0.286. The fourth-order valence-corrected chi connectivity index (χ4v) is 3.47. The number of Topliss-reactive ketones (excluding diaryl/α,β-unsaturated/α-hetero) is 1. The van der Waals surface area contributed by atoms with Gasteiger partial charge in [0, 0.05) is 11.3 Å². The third kappa shape index (κ3) is 4.57. The number of hydrogen-bond donors (Lipinski definition) is 2. The Bertz CT molecular complexity index is 1040. The van der Waals surface area contributed by atoms with Gasteiger partial charge in [0.25, 0.3) is 5.91 Å². The van der Waals surface area contributed by atoms with Gasteiger partial charge in [0.1, 0.15) is 18.1 Å². The van der Waals surface area contributed by atoms with Gasteiger partial charge >= 0.3 is 0 Å². The summed E-state index contributed by atoms with van der Waals surface area (Å²) in [5.74, 6) is 0.276. The molecule has 2 N–H and O–H groups in total. The van der Waals surface area contributed by atoms with Gasteiger partial charge in [-0.2, -0.15) is 0 Å². The van der Waals surface area contributed by atoms with Gasteiger partial charge in [0.2, 0.25) is 0 Å². The zero-order chi connectivity index (χ0) is 21.0. The summed E-state index contributed by atoms with van der Waals surface area (Å²) in [5.41, 5.74) is 5.15. The summed E-state index contributed by atoms with van der Waals surface area (Å²) in [7, 11) is 0. The molecule has 5 heteroatoms. The van der Waals surface area contributed by atoms with E-state index >= 15 is 0 Å². The van der Waals surface area contributed by atoms with Crippen molar-refractivity contribution in [1.82, 2.24) is 4.98 Å². The van der Waals surface area contributed by atoms with Crippen LogP contribution < -0.4 is 10.1 Å². The Morgan fingerprint density at radius 3 is 2.45 bits per heavy atom. The molecule has 0 radical (unpaired) electrons. The molecule has 0 bridgehead atoms. The molecule has 5 nitrogen and oxygen atoms in total. The lowest BCUT2D eigenvalue weighted by Crippen LogP contribution is -2.15. The Balaban J connectivity index is 1.86. The second-order valence-corrected chi connectivity index (χ2v) is 7.12. The van der Waals surface area contributed by atoms with E-state index in [-0.39, 0.29) is 11.7 Å². The van der Waals surface area contributed by atoms with Gasteiger partial charge in [-0.05, 0) is 56.0 Å². The highest BCUT2D eigenvalue weighted by Crippen LogP contribution is 2.28. The number of carbonyl (C=O) groups excluding carboxylic acids is 2. The fourth-order valence-electron chi connectivity index (χ4n) is 3.47. The molecule has 0 fully saturated rings. The molecule has 29 heavy (non-hydrogen) atoms. The van der Waals surface area contributed by atoms with Gasteiger partial charge in [0.05, 0.1) is 5.69 Å². The van der Waals surface area contributed by atoms with Crippen LogP contribution in [-0.4, -0.2) is 16.7 Å². The monoisotopic (exact) mass is 390 g/mol. The van der Waals surface area contributed by atoms with Crippen LogP contribution in [0.5, 0.6) is 5.75 Å². The van der Waals surface area contributed by atoms with E-state index in [1.807, 2.05) is 69.3 Å². The molecular formula is C24H26N2O3. The minimum Gasteiger partial charge on any atom is -0.487 e. The number of nitrogens with one attached hydrogen (secondary N) is 2. The van der Waals surface area contributed by atoms with Crippen LogP contribution in [0.1, 0.15) is 57.1 Å². The number of rotatable bonds is 7. The molecular weight excluding hydrogens is 364 g/mol. The first-order valence-electron chi connectivity index (χ1n) is 9.71. The summed E-state index contributed by atoms with van der Waals surface area (Å²) in [6, 6.07) is 15.5. The summed E-state index contributed by atoms with van der Waals surface area (Å²) in [4.78, 5) is 28.0. The first kappa shape index (κ1) is 20.4. The quantitative estimate of drug-likeness (QED) is 0.543. The van der Waals surface area contributed by atoms with Crippen molar-refractivity contribution in [1.29, 1.82) is 0 Å². The molecule has 0 aliphatic carbocycles. The number of carbonyl (C=O) groups is 2. The topological polar surface area (TPSA) is 71.2 Å². The average molecular weight is 390 g/mol. The highest BCUT2D eigenvalue weighted by molar-refractivity contribution is 6.08. The van der Waals surface area contributed by atoms with E-state index in [1.54, 1.807) is 0 Å². The normalized spacial score (nSPS) is 10.6. The van der Waals surface area contributed by atoms with Crippen LogP contribution in [0, 0.1) is 13.8 Å². The largest absolute Gasteiger partial charge is 0.487 e. The maximum atomic E-state index is 13.0. The van der Waals surface area contributed by atoms with Crippen molar-refractivity contribution >= 4 is 17.4 Å². The molecule has 3 aromatic rings. The van der Waals surface area contributed by atoms with Gasteiger partial charge in [0.15, 0.2) is 5.78 Å². The molecule has 1 amide bonds. The lowest BCUT2D eigenvalue weighted by molar-refractivity contribution is 0.101. The SMILES string of the molecule is CCc1c(C(=O)Nc2ccc(C)cc2OCc2ccccc2)[nH]c(C)c1C(C)=O. The number of aromatic nitrogens is 1. The van der Waals surface area contributed by atoms with Crippen LogP contribution in [0.25, 0.3) is 0 Å². The summed E-state index contributed by atoms with van der Waals surface area (Å²) in [6.07, 6.45) is 0.591. The molecule has 0 unspecified atom stereocenters. The molecule has 0 spiro atoms. The Morgan fingerprint density at radius 2 is 1.79 bits per heavy atom. The third-order valence-corrected chi connectivity index (χ3v) is 4.85. The first-order valence-corrected chi connectivity index (χ1v) is 9.71. The van der Waals surface area contributed by atoms with E-state index in [4.69, 9.17) is 4.74 Å². The van der Waals surface area contributed by atoms with Crippen LogP contribution in [0.3, 0.4) is 0 Å². The average Bonchev–Trinajstić information content (AvgIpc) is 3.05. The van der Waals surface area contributed by atoms with E-state index in [0.717, 1.165) is 16.7 Å². The third-order valence-electron chi connectivity index (χ3n) is 4.85. The number of H-pyrrole nitrogens is 1. The maximum absolute atomic E-state index is 13.0. The van der Waals surface area contributed by atoms with Gasteiger partial charge in [-0.1, -0.05) is 43.3 Å². The van der Waals surface area contributed by atoms with Crippen molar-refractivity contribution in [3.05, 3.63) is 82.2 Å². The molecule has 1 aromatic heterocycles. The highest BCUT2D eigenvalue weighted by atomic mass is 16.5. The Kier molecular flexibility index (Phi) is 6.17. The summed E-state index contributed by atoms with van der Waals surface area (Å²) in [5, 5.41) is 2.94. The molecule has 0 atom stereocenters. The number of hydrogen-bond acceptors (Lipinski definition) is 3. The standard InChI is InChI=1S/C24H26N2O3/c1-5-19-22(17(4)27)16(3)25-23(19)24(28)26-20-12-11-15(2)13-21(20)29-14-18-9-7-6-8-10-18/h6-13,25H,5,14H2,1-4H3,(H,26,28). The smallest absolute Gasteiger partial charge is 0.272 e. The number of ketones is 1. The second kappa shape index (κ2) is 8.78. The van der Waals surface area contributed by atoms with Crippen molar-refractivity contribution < 1.29 is 14.3 Å². The minimum absolute atomic E-state index is 0.0446. The Morgan fingerprint density at radius 1 is 1.07 bits per heavy atom. The van der Waals surface area contributed by atoms with E-state index in [1.165, 1.54) is 6.92 Å². The Labute approximate surface area is 171 Å². The second-order valence-electron chi connectivity index (χ2n) is 7.12. The van der Waals surface area contributed by atoms with E-state index < -0.39 is 0 Å². The van der Waals surface area contributed by atoms with Gasteiger partial charge in [-0.25, -0.2) is 0 Å². The van der Waals surface area contributed by atoms with Crippen molar-refractivity contribution in [3.63, 3.8) is 0 Å². The molecule has 0 aliphatic rings. The van der Waals surface area contributed by atoms with Crippen molar-refractivity contribution in [2.45, 2.75) is 40.7 Å². The zero-order valence-corrected chi connectivity index (χ0v) is 17.3. The van der Waals surface area contributed by atoms with Gasteiger partial charge in [-0.15, -0.1) is 0 Å². The fraction of sp³-hybridized carbons (Fsp3) is 0.250. The van der Waals surface area contributed by atoms with Crippen LogP contribution in [0.4, 0.5) is 5.69 Å².